The largest absolute Gasteiger partial charge is 0.381 e. The molecule has 6 N–H and O–H groups in total. The number of benzene rings is 3. The van der Waals surface area contributed by atoms with Gasteiger partial charge in [-0.25, -0.2) is 0 Å². The van der Waals surface area contributed by atoms with E-state index in [9.17, 15) is 14.4 Å². The fourth-order valence-electron chi connectivity index (χ4n) is 6.58. The zero-order valence-corrected chi connectivity index (χ0v) is 29.0. The number of aryl methyl sites for hydroxylation is 1. The predicted molar refractivity (Wildman–Crippen MR) is 194 cm³/mol. The van der Waals surface area contributed by atoms with E-state index in [0.717, 1.165) is 72.0 Å². The first-order valence-corrected chi connectivity index (χ1v) is 17.1. The lowest BCUT2D eigenvalue weighted by Crippen LogP contribution is -2.48. The number of hydrogen-bond acceptors (Lipinski definition) is 8. The molecule has 1 saturated heterocycles. The van der Waals surface area contributed by atoms with Crippen molar-refractivity contribution in [3.05, 3.63) is 77.9 Å². The van der Waals surface area contributed by atoms with Crippen LogP contribution < -0.4 is 21.7 Å². The number of hydrogen-bond donors (Lipinski definition) is 5. The number of halogens is 1. The molecule has 2 aliphatic rings. The molecule has 0 unspecified atom stereocenters. The first kappa shape index (κ1) is 36.6. The molecule has 2 fully saturated rings. The highest BCUT2D eigenvalue weighted by atomic mass is 35.5. The number of H-pyrrole nitrogens is 1. The lowest BCUT2D eigenvalue weighted by Gasteiger charge is -2.28. The topological polar surface area (TPSA) is 177 Å². The second-order valence-corrected chi connectivity index (χ2v) is 13.1. The van der Waals surface area contributed by atoms with Gasteiger partial charge in [0.15, 0.2) is 0 Å². The van der Waals surface area contributed by atoms with E-state index < -0.39 is 6.04 Å². The maximum absolute atomic E-state index is 13.7. The molecule has 2 heterocycles. The zero-order valence-electron chi connectivity index (χ0n) is 28.2. The van der Waals surface area contributed by atoms with Gasteiger partial charge in [-0.15, -0.1) is 22.6 Å². The summed E-state index contributed by atoms with van der Waals surface area (Å²) in [7, 11) is 0. The Labute approximate surface area is 298 Å². The minimum atomic E-state index is -0.783. The second-order valence-electron chi connectivity index (χ2n) is 13.1. The maximum Gasteiger partial charge on any atom is 0.247 e. The van der Waals surface area contributed by atoms with Crippen molar-refractivity contribution in [1.29, 1.82) is 0 Å². The number of rotatable bonds is 11. The first-order chi connectivity index (χ1) is 23.9. The van der Waals surface area contributed by atoms with Crippen molar-refractivity contribution in [3.8, 4) is 22.5 Å². The average Bonchev–Trinajstić information content (AvgIpc) is 3.69. The Morgan fingerprint density at radius 1 is 0.840 bits per heavy atom. The summed E-state index contributed by atoms with van der Waals surface area (Å²) >= 11 is 0. The highest BCUT2D eigenvalue weighted by Crippen LogP contribution is 2.30. The van der Waals surface area contributed by atoms with Gasteiger partial charge in [0.25, 0.3) is 0 Å². The first-order valence-electron chi connectivity index (χ1n) is 17.1. The molecular formula is C37H45ClN8O4. The molecule has 6 rings (SSSR count). The minimum Gasteiger partial charge on any atom is -0.381 e. The van der Waals surface area contributed by atoms with E-state index >= 15 is 0 Å². The van der Waals surface area contributed by atoms with Gasteiger partial charge < -0.3 is 26.4 Å². The molecule has 1 atom stereocenters. The summed E-state index contributed by atoms with van der Waals surface area (Å²) in [5.74, 6) is 0.345. The summed E-state index contributed by atoms with van der Waals surface area (Å²) in [4.78, 5) is 40.0. The summed E-state index contributed by atoms with van der Waals surface area (Å²) in [6, 6.07) is 20.4. The lowest BCUT2D eigenvalue weighted by molar-refractivity contribution is -0.130. The van der Waals surface area contributed by atoms with Crippen molar-refractivity contribution in [2.24, 2.45) is 23.5 Å². The van der Waals surface area contributed by atoms with Crippen molar-refractivity contribution >= 4 is 41.5 Å². The minimum absolute atomic E-state index is 0. The number of carbonyl (C=O) groups excluding carboxylic acids is 3. The molecule has 50 heavy (non-hydrogen) atoms. The van der Waals surface area contributed by atoms with Crippen LogP contribution in [0.4, 0.5) is 11.4 Å². The third-order valence-electron chi connectivity index (χ3n) is 9.75. The number of nitrogens with one attached hydrogen (secondary N) is 4. The molecule has 0 radical (unpaired) electrons. The monoisotopic (exact) mass is 700 g/mol. The molecule has 13 heteroatoms. The summed E-state index contributed by atoms with van der Waals surface area (Å²) in [6.07, 6.45) is 5.14. The lowest BCUT2D eigenvalue weighted by atomic mass is 9.81. The zero-order chi connectivity index (χ0) is 34.2. The number of anilines is 2. The van der Waals surface area contributed by atoms with Crippen molar-refractivity contribution in [2.75, 3.05) is 30.4 Å². The summed E-state index contributed by atoms with van der Waals surface area (Å²) in [5.41, 5.74) is 11.9. The van der Waals surface area contributed by atoms with E-state index in [1.54, 1.807) is 24.3 Å². The van der Waals surface area contributed by atoms with Gasteiger partial charge in [-0.05, 0) is 116 Å². The van der Waals surface area contributed by atoms with Gasteiger partial charge >= 0.3 is 0 Å². The van der Waals surface area contributed by atoms with Gasteiger partial charge in [-0.2, -0.15) is 5.21 Å². The van der Waals surface area contributed by atoms with Crippen LogP contribution in [0.15, 0.2) is 66.7 Å². The molecule has 1 aliphatic heterocycles. The van der Waals surface area contributed by atoms with Crippen LogP contribution in [-0.2, 0) is 25.5 Å². The van der Waals surface area contributed by atoms with Gasteiger partial charge in [0.1, 0.15) is 6.04 Å². The van der Waals surface area contributed by atoms with Crippen molar-refractivity contribution < 1.29 is 19.1 Å². The Hall–Kier alpha value is -4.65. The van der Waals surface area contributed by atoms with E-state index in [0.29, 0.717) is 43.6 Å². The third-order valence-corrected chi connectivity index (χ3v) is 9.75. The molecule has 0 bridgehead atoms. The number of tetrazole rings is 1. The van der Waals surface area contributed by atoms with Crippen LogP contribution in [0.1, 0.15) is 49.7 Å². The van der Waals surface area contributed by atoms with E-state index in [1.165, 1.54) is 0 Å². The van der Waals surface area contributed by atoms with Crippen LogP contribution in [0.2, 0.25) is 0 Å². The SMILES string of the molecule is Cc1ccc(-c2ccc(C[C@H](NC(=O)[C@H]3CC[C@H](CN)CC3)C(=O)Nc3ccc(-c4nn[nH]n4)cc3)cc2)cc1NC(=O)C1CCOCC1.Cl. The quantitative estimate of drug-likeness (QED) is 0.144. The number of aromatic amines is 1. The van der Waals surface area contributed by atoms with Gasteiger partial charge in [-0.3, -0.25) is 14.4 Å². The molecule has 1 aliphatic carbocycles. The van der Waals surface area contributed by atoms with Crippen molar-refractivity contribution in [2.45, 2.75) is 57.9 Å². The van der Waals surface area contributed by atoms with E-state index in [2.05, 4.69) is 36.6 Å². The Balaban J connectivity index is 0.00000486. The summed E-state index contributed by atoms with van der Waals surface area (Å²) in [6.45, 7) is 3.84. The normalized spacial score (nSPS) is 18.4. The van der Waals surface area contributed by atoms with Crippen LogP contribution in [-0.4, -0.2) is 64.1 Å². The summed E-state index contributed by atoms with van der Waals surface area (Å²) < 4.78 is 5.41. The van der Waals surface area contributed by atoms with Crippen molar-refractivity contribution in [1.82, 2.24) is 25.9 Å². The molecule has 3 aromatic carbocycles. The number of ether oxygens (including phenoxy) is 1. The van der Waals surface area contributed by atoms with E-state index in [4.69, 9.17) is 10.5 Å². The Bertz CT molecular complexity index is 1720. The number of nitrogens with two attached hydrogens (primary N) is 1. The molecular weight excluding hydrogens is 656 g/mol. The summed E-state index contributed by atoms with van der Waals surface area (Å²) in [5, 5.41) is 23.2. The fraction of sp³-hybridized carbons (Fsp3) is 0.405. The van der Waals surface area contributed by atoms with Crippen LogP contribution >= 0.6 is 12.4 Å². The van der Waals surface area contributed by atoms with Crippen LogP contribution in [0.3, 0.4) is 0 Å². The smallest absolute Gasteiger partial charge is 0.247 e. The number of amides is 3. The number of nitrogens with zero attached hydrogens (tertiary/aromatic N) is 3. The van der Waals surface area contributed by atoms with Crippen molar-refractivity contribution in [3.63, 3.8) is 0 Å². The molecule has 1 saturated carbocycles. The fourth-order valence-corrected chi connectivity index (χ4v) is 6.58. The van der Waals surface area contributed by atoms with Gasteiger partial charge in [0.2, 0.25) is 23.5 Å². The van der Waals surface area contributed by atoms with Crippen LogP contribution in [0.5, 0.6) is 0 Å². The van der Waals surface area contributed by atoms with Gasteiger partial charge in [0.05, 0.1) is 0 Å². The number of aromatic nitrogens is 4. The highest BCUT2D eigenvalue weighted by Gasteiger charge is 2.29. The molecule has 12 nitrogen and oxygen atoms in total. The third kappa shape index (κ3) is 9.32. The molecule has 4 aromatic rings. The molecule has 0 spiro atoms. The second kappa shape index (κ2) is 17.3. The molecule has 264 valence electrons. The standard InChI is InChI=1S/C37H44N8O4.ClH/c1-23-2-7-30(21-32(23)40-36(47)29-16-18-49-19-17-29)26-8-3-24(4-9-26)20-33(41-35(46)28-10-5-25(22-38)6-11-28)37(48)39-31-14-12-27(13-15-31)34-42-44-45-43-34;/h2-4,7-9,12-15,21,25,28-29,33H,5-6,10-11,16-20,22,38H2,1H3,(H,39,48)(H,40,47)(H,41,46)(H,42,43,44,45);1H/t25-,28-,33-;/m0./s1. The van der Waals surface area contributed by atoms with E-state index in [1.807, 2.05) is 49.4 Å². The Morgan fingerprint density at radius 3 is 2.16 bits per heavy atom. The maximum atomic E-state index is 13.7. The molecule has 3 amide bonds. The van der Waals surface area contributed by atoms with Gasteiger partial charge in [-0.1, -0.05) is 36.4 Å². The highest BCUT2D eigenvalue weighted by molar-refractivity contribution is 5.98. The molecule has 1 aromatic heterocycles. The predicted octanol–water partition coefficient (Wildman–Crippen LogP) is 5.06. The van der Waals surface area contributed by atoms with Crippen LogP contribution in [0.25, 0.3) is 22.5 Å². The van der Waals surface area contributed by atoms with Gasteiger partial charge in [0, 0.05) is 48.4 Å². The number of carbonyl (C=O) groups is 3. The Morgan fingerprint density at radius 2 is 1.50 bits per heavy atom. The average molecular weight is 701 g/mol. The Kier molecular flexibility index (Phi) is 12.7. The van der Waals surface area contributed by atoms with E-state index in [-0.39, 0.29) is 42.0 Å². The van der Waals surface area contributed by atoms with Crippen LogP contribution in [0, 0.1) is 24.7 Å².